The first-order valence-electron chi connectivity index (χ1n) is 9.05. The number of hydrogen-bond donors (Lipinski definition) is 3. The zero-order valence-electron chi connectivity index (χ0n) is 16.8. The van der Waals surface area contributed by atoms with Crippen LogP contribution in [0.25, 0.3) is 11.0 Å². The lowest BCUT2D eigenvalue weighted by Crippen LogP contribution is -2.43. The highest BCUT2D eigenvalue weighted by molar-refractivity contribution is 14.0. The largest absolute Gasteiger partial charge is 0.357 e. The van der Waals surface area contributed by atoms with Crippen molar-refractivity contribution in [1.82, 2.24) is 25.5 Å². The van der Waals surface area contributed by atoms with Crippen molar-refractivity contribution in [2.45, 2.75) is 46.7 Å². The number of carbonyl (C=O) groups excluding carboxylic acids is 1. The number of nitrogens with zero attached hydrogens (tertiary/aromatic N) is 3. The lowest BCUT2D eigenvalue weighted by atomic mass is 10.1. The molecule has 0 spiro atoms. The van der Waals surface area contributed by atoms with E-state index in [2.05, 4.69) is 36.6 Å². The fraction of sp³-hybridized carbons (Fsp3) is 0.526. The highest BCUT2D eigenvalue weighted by atomic mass is 127. The van der Waals surface area contributed by atoms with E-state index in [9.17, 15) is 4.79 Å². The molecule has 0 radical (unpaired) electrons. The standard InChI is InChI=1S/C19H30N6O.HI/c1-6-20-18(22-13-17(26)24-19(3,4)5)21-11-12-25-14(2)23-15-9-7-8-10-16(15)25;/h7-10H,6,11-13H2,1-5H3,(H,24,26)(H2,20,21,22);1H. The summed E-state index contributed by atoms with van der Waals surface area (Å²) in [4.78, 5) is 20.9. The van der Waals surface area contributed by atoms with E-state index in [0.29, 0.717) is 12.5 Å². The maximum atomic E-state index is 11.9. The van der Waals surface area contributed by atoms with Crippen molar-refractivity contribution >= 4 is 46.9 Å². The lowest BCUT2D eigenvalue weighted by molar-refractivity contribution is -0.121. The lowest BCUT2D eigenvalue weighted by Gasteiger charge is -2.20. The summed E-state index contributed by atoms with van der Waals surface area (Å²) in [5, 5.41) is 9.35. The quantitative estimate of drug-likeness (QED) is 0.333. The van der Waals surface area contributed by atoms with Crippen molar-refractivity contribution in [3.05, 3.63) is 30.1 Å². The summed E-state index contributed by atoms with van der Waals surface area (Å²) in [6.45, 7) is 12.2. The van der Waals surface area contributed by atoms with Gasteiger partial charge < -0.3 is 20.5 Å². The Labute approximate surface area is 178 Å². The van der Waals surface area contributed by atoms with Gasteiger partial charge in [0.2, 0.25) is 5.91 Å². The van der Waals surface area contributed by atoms with Crippen molar-refractivity contribution in [2.75, 3.05) is 19.6 Å². The van der Waals surface area contributed by atoms with Crippen molar-refractivity contribution in [3.8, 4) is 0 Å². The molecule has 0 unspecified atom stereocenters. The minimum absolute atomic E-state index is 0. The van der Waals surface area contributed by atoms with Gasteiger partial charge in [0.1, 0.15) is 12.4 Å². The Hall–Kier alpha value is -1.84. The maximum Gasteiger partial charge on any atom is 0.242 e. The molecule has 0 saturated carbocycles. The number of halogens is 1. The number of amides is 1. The summed E-state index contributed by atoms with van der Waals surface area (Å²) >= 11 is 0. The number of guanidine groups is 1. The number of hydrogen-bond acceptors (Lipinski definition) is 3. The zero-order valence-corrected chi connectivity index (χ0v) is 19.1. The molecule has 2 aromatic rings. The summed E-state index contributed by atoms with van der Waals surface area (Å²) in [5.74, 6) is 1.53. The van der Waals surface area contributed by atoms with Crippen LogP contribution in [0.2, 0.25) is 0 Å². The van der Waals surface area contributed by atoms with E-state index in [4.69, 9.17) is 0 Å². The van der Waals surface area contributed by atoms with Gasteiger partial charge in [-0.25, -0.2) is 9.98 Å². The molecule has 0 atom stereocenters. The zero-order chi connectivity index (χ0) is 19.2. The second kappa shape index (κ2) is 10.5. The van der Waals surface area contributed by atoms with Gasteiger partial charge in [-0.05, 0) is 46.8 Å². The predicted octanol–water partition coefficient (Wildman–Crippen LogP) is 2.43. The topological polar surface area (TPSA) is 83.3 Å². The number of benzene rings is 1. The van der Waals surface area contributed by atoms with Gasteiger partial charge in [0.25, 0.3) is 0 Å². The molecule has 1 heterocycles. The van der Waals surface area contributed by atoms with E-state index >= 15 is 0 Å². The first-order valence-corrected chi connectivity index (χ1v) is 9.05. The molecule has 150 valence electrons. The Bertz CT molecular complexity index is 778. The number of para-hydroxylation sites is 2. The summed E-state index contributed by atoms with van der Waals surface area (Å²) in [6, 6.07) is 8.11. The van der Waals surface area contributed by atoms with Crippen LogP contribution in [-0.2, 0) is 11.3 Å². The van der Waals surface area contributed by atoms with Crippen LogP contribution in [0.1, 0.15) is 33.5 Å². The predicted molar refractivity (Wildman–Crippen MR) is 122 cm³/mol. The third-order valence-electron chi connectivity index (χ3n) is 3.71. The van der Waals surface area contributed by atoms with Crippen LogP contribution in [0.5, 0.6) is 0 Å². The molecule has 7 nitrogen and oxygen atoms in total. The minimum Gasteiger partial charge on any atom is -0.357 e. The minimum atomic E-state index is -0.252. The Morgan fingerprint density at radius 3 is 2.59 bits per heavy atom. The van der Waals surface area contributed by atoms with Gasteiger partial charge in [-0.15, -0.1) is 24.0 Å². The number of fused-ring (bicyclic) bond motifs is 1. The van der Waals surface area contributed by atoms with Crippen molar-refractivity contribution in [2.24, 2.45) is 4.99 Å². The molecular formula is C19H31IN6O. The number of carbonyl (C=O) groups is 1. The Morgan fingerprint density at radius 2 is 1.93 bits per heavy atom. The average molecular weight is 486 g/mol. The van der Waals surface area contributed by atoms with Crippen molar-refractivity contribution < 1.29 is 4.79 Å². The maximum absolute atomic E-state index is 11.9. The Kier molecular flexibility index (Phi) is 9.01. The number of rotatable bonds is 6. The van der Waals surface area contributed by atoms with Crippen LogP contribution < -0.4 is 16.0 Å². The van der Waals surface area contributed by atoms with E-state index < -0.39 is 0 Å². The molecule has 0 fully saturated rings. The van der Waals surface area contributed by atoms with Crippen LogP contribution in [0, 0.1) is 6.92 Å². The van der Waals surface area contributed by atoms with Gasteiger partial charge in [-0.1, -0.05) is 12.1 Å². The van der Waals surface area contributed by atoms with Crippen molar-refractivity contribution in [3.63, 3.8) is 0 Å². The van der Waals surface area contributed by atoms with Gasteiger partial charge in [0.15, 0.2) is 5.96 Å². The number of aliphatic imine (C=N–C) groups is 1. The number of imidazole rings is 1. The fourth-order valence-corrected chi connectivity index (χ4v) is 2.71. The van der Waals surface area contributed by atoms with Crippen LogP contribution in [0.15, 0.2) is 29.3 Å². The smallest absolute Gasteiger partial charge is 0.242 e. The van der Waals surface area contributed by atoms with E-state index in [1.165, 1.54) is 0 Å². The molecule has 2 rings (SSSR count). The second-order valence-electron chi connectivity index (χ2n) is 7.22. The SMILES string of the molecule is CCNC(=NCC(=O)NC(C)(C)C)NCCn1c(C)nc2ccccc21.I. The number of aromatic nitrogens is 2. The highest BCUT2D eigenvalue weighted by Gasteiger charge is 2.13. The molecule has 1 aromatic heterocycles. The monoisotopic (exact) mass is 486 g/mol. The Morgan fingerprint density at radius 1 is 1.22 bits per heavy atom. The first kappa shape index (κ1) is 23.2. The van der Waals surface area contributed by atoms with Crippen LogP contribution >= 0.6 is 24.0 Å². The molecule has 0 saturated heterocycles. The molecule has 0 aliphatic carbocycles. The average Bonchev–Trinajstić information content (AvgIpc) is 2.87. The third-order valence-corrected chi connectivity index (χ3v) is 3.71. The van der Waals surface area contributed by atoms with Gasteiger partial charge in [0, 0.05) is 25.2 Å². The normalized spacial score (nSPS) is 11.8. The van der Waals surface area contributed by atoms with E-state index in [0.717, 1.165) is 29.9 Å². The molecule has 8 heteroatoms. The highest BCUT2D eigenvalue weighted by Crippen LogP contribution is 2.14. The molecule has 27 heavy (non-hydrogen) atoms. The summed E-state index contributed by atoms with van der Waals surface area (Å²) in [7, 11) is 0. The number of nitrogens with one attached hydrogen (secondary N) is 3. The van der Waals surface area contributed by atoms with Gasteiger partial charge in [0.05, 0.1) is 11.0 Å². The summed E-state index contributed by atoms with van der Waals surface area (Å²) in [5.41, 5.74) is 1.88. The third kappa shape index (κ3) is 7.36. The molecule has 3 N–H and O–H groups in total. The fourth-order valence-electron chi connectivity index (χ4n) is 2.71. The molecular weight excluding hydrogens is 455 g/mol. The molecule has 1 amide bonds. The van der Waals surface area contributed by atoms with Gasteiger partial charge in [-0.3, -0.25) is 4.79 Å². The Balaban J connectivity index is 0.00000364. The molecule has 0 aliphatic rings. The van der Waals surface area contributed by atoms with E-state index in [1.54, 1.807) is 0 Å². The first-order chi connectivity index (χ1) is 12.3. The molecule has 0 aliphatic heterocycles. The summed E-state index contributed by atoms with van der Waals surface area (Å²) in [6.07, 6.45) is 0. The van der Waals surface area contributed by atoms with Crippen LogP contribution in [0.3, 0.4) is 0 Å². The van der Waals surface area contributed by atoms with Gasteiger partial charge >= 0.3 is 0 Å². The number of aryl methyl sites for hydroxylation is 1. The van der Waals surface area contributed by atoms with Crippen molar-refractivity contribution in [1.29, 1.82) is 0 Å². The van der Waals surface area contributed by atoms with Gasteiger partial charge in [-0.2, -0.15) is 0 Å². The summed E-state index contributed by atoms with van der Waals surface area (Å²) < 4.78 is 2.18. The molecule has 0 bridgehead atoms. The van der Waals surface area contributed by atoms with Crippen LogP contribution in [0.4, 0.5) is 0 Å². The van der Waals surface area contributed by atoms with E-state index in [-0.39, 0.29) is 42.0 Å². The second-order valence-corrected chi connectivity index (χ2v) is 7.22. The molecule has 1 aromatic carbocycles. The van der Waals surface area contributed by atoms with E-state index in [1.807, 2.05) is 52.8 Å². The van der Waals surface area contributed by atoms with Crippen LogP contribution in [-0.4, -0.2) is 46.6 Å².